The van der Waals surface area contributed by atoms with Crippen molar-refractivity contribution in [1.29, 1.82) is 5.26 Å². The van der Waals surface area contributed by atoms with E-state index in [0.717, 1.165) is 12.0 Å². The summed E-state index contributed by atoms with van der Waals surface area (Å²) < 4.78 is 5.40. The van der Waals surface area contributed by atoms with Gasteiger partial charge >= 0.3 is 0 Å². The fourth-order valence-corrected chi connectivity index (χ4v) is 2.82. The Hall–Kier alpha value is -3.33. The Labute approximate surface area is 152 Å². The Morgan fingerprint density at radius 2 is 2.04 bits per heavy atom. The standard InChI is InChI=1S/C20H19N3O3/c1-2-9-23(12-15-5-3-14(11-21)4-6-15)20(25)16-7-8-17-18(10-16)26-13-19(24)22-17/h3-8,10H,2,9,12-13H2,1H3,(H,22,24). The zero-order chi connectivity index (χ0) is 18.5. The van der Waals surface area contributed by atoms with Crippen molar-refractivity contribution in [3.8, 4) is 11.8 Å². The van der Waals surface area contributed by atoms with Crippen LogP contribution in [0.5, 0.6) is 5.75 Å². The quantitative estimate of drug-likeness (QED) is 0.900. The van der Waals surface area contributed by atoms with Crippen molar-refractivity contribution in [2.45, 2.75) is 19.9 Å². The predicted molar refractivity (Wildman–Crippen MR) is 96.8 cm³/mol. The molecule has 0 saturated carbocycles. The molecule has 0 spiro atoms. The van der Waals surface area contributed by atoms with Gasteiger partial charge in [-0.15, -0.1) is 0 Å². The second-order valence-electron chi connectivity index (χ2n) is 6.08. The molecule has 1 aliphatic rings. The fourth-order valence-electron chi connectivity index (χ4n) is 2.82. The lowest BCUT2D eigenvalue weighted by molar-refractivity contribution is -0.118. The lowest BCUT2D eigenvalue weighted by Crippen LogP contribution is -2.31. The molecular weight excluding hydrogens is 330 g/mol. The van der Waals surface area contributed by atoms with Crippen molar-refractivity contribution < 1.29 is 14.3 Å². The first kappa shape index (κ1) is 17.5. The van der Waals surface area contributed by atoms with Gasteiger partial charge < -0.3 is 15.0 Å². The molecule has 0 fully saturated rings. The van der Waals surface area contributed by atoms with E-state index >= 15 is 0 Å². The van der Waals surface area contributed by atoms with Crippen LogP contribution in [0.1, 0.15) is 34.8 Å². The number of anilines is 1. The highest BCUT2D eigenvalue weighted by atomic mass is 16.5. The molecule has 132 valence electrons. The largest absolute Gasteiger partial charge is 0.482 e. The first-order valence-corrected chi connectivity index (χ1v) is 8.45. The molecule has 1 N–H and O–H groups in total. The number of fused-ring (bicyclic) bond motifs is 1. The van der Waals surface area contributed by atoms with Crippen molar-refractivity contribution in [1.82, 2.24) is 4.90 Å². The maximum absolute atomic E-state index is 12.9. The van der Waals surface area contributed by atoms with Gasteiger partial charge in [-0.2, -0.15) is 5.26 Å². The van der Waals surface area contributed by atoms with Crippen molar-refractivity contribution in [3.05, 3.63) is 59.2 Å². The van der Waals surface area contributed by atoms with Gasteiger partial charge in [-0.05, 0) is 42.3 Å². The third kappa shape index (κ3) is 3.83. The monoisotopic (exact) mass is 349 g/mol. The fraction of sp³-hybridized carbons (Fsp3) is 0.250. The van der Waals surface area contributed by atoms with Crippen LogP contribution in [-0.4, -0.2) is 29.9 Å². The van der Waals surface area contributed by atoms with Crippen molar-refractivity contribution in [2.24, 2.45) is 0 Å². The van der Waals surface area contributed by atoms with Gasteiger partial charge in [0.1, 0.15) is 5.75 Å². The van der Waals surface area contributed by atoms with Crippen LogP contribution in [0.15, 0.2) is 42.5 Å². The van der Waals surface area contributed by atoms with Gasteiger partial charge in [0.15, 0.2) is 6.61 Å². The van der Waals surface area contributed by atoms with E-state index in [9.17, 15) is 9.59 Å². The number of nitrogens with one attached hydrogen (secondary N) is 1. The summed E-state index contributed by atoms with van der Waals surface area (Å²) >= 11 is 0. The molecule has 2 amide bonds. The molecule has 1 aliphatic heterocycles. The highest BCUT2D eigenvalue weighted by Gasteiger charge is 2.20. The molecule has 0 saturated heterocycles. The van der Waals surface area contributed by atoms with E-state index in [1.165, 1.54) is 0 Å². The van der Waals surface area contributed by atoms with E-state index in [4.69, 9.17) is 10.00 Å². The molecule has 6 heteroatoms. The van der Waals surface area contributed by atoms with E-state index in [-0.39, 0.29) is 18.4 Å². The number of rotatable bonds is 5. The van der Waals surface area contributed by atoms with E-state index in [1.54, 1.807) is 35.2 Å². The zero-order valence-electron chi connectivity index (χ0n) is 14.5. The molecule has 26 heavy (non-hydrogen) atoms. The second-order valence-corrected chi connectivity index (χ2v) is 6.08. The number of amides is 2. The lowest BCUT2D eigenvalue weighted by atomic mass is 10.1. The number of benzene rings is 2. The normalized spacial score (nSPS) is 12.4. The Morgan fingerprint density at radius 1 is 1.27 bits per heavy atom. The molecule has 0 aromatic heterocycles. The minimum absolute atomic E-state index is 0.0471. The Morgan fingerprint density at radius 3 is 2.73 bits per heavy atom. The summed E-state index contributed by atoms with van der Waals surface area (Å²) in [5.74, 6) is 0.204. The first-order valence-electron chi connectivity index (χ1n) is 8.45. The molecule has 0 unspecified atom stereocenters. The summed E-state index contributed by atoms with van der Waals surface area (Å²) in [6.45, 7) is 3.06. The average Bonchev–Trinajstić information content (AvgIpc) is 2.67. The highest BCUT2D eigenvalue weighted by Crippen LogP contribution is 2.29. The molecule has 0 atom stereocenters. The first-order chi connectivity index (χ1) is 12.6. The average molecular weight is 349 g/mol. The van der Waals surface area contributed by atoms with E-state index in [2.05, 4.69) is 11.4 Å². The van der Waals surface area contributed by atoms with Crippen molar-refractivity contribution >= 4 is 17.5 Å². The minimum atomic E-state index is -0.204. The van der Waals surface area contributed by atoms with Crippen LogP contribution < -0.4 is 10.1 Å². The third-order valence-corrected chi connectivity index (χ3v) is 4.10. The summed E-state index contributed by atoms with van der Waals surface area (Å²) in [5.41, 5.74) is 2.65. The van der Waals surface area contributed by atoms with Crippen LogP contribution in [0.4, 0.5) is 5.69 Å². The number of nitrogens with zero attached hydrogens (tertiary/aromatic N) is 2. The van der Waals surface area contributed by atoms with Gasteiger partial charge in [-0.1, -0.05) is 19.1 Å². The molecule has 0 radical (unpaired) electrons. The summed E-state index contributed by atoms with van der Waals surface area (Å²) in [5, 5.41) is 11.6. The molecule has 6 nitrogen and oxygen atoms in total. The Bertz CT molecular complexity index is 869. The molecular formula is C20H19N3O3. The van der Waals surface area contributed by atoms with Crippen molar-refractivity contribution in [3.63, 3.8) is 0 Å². The summed E-state index contributed by atoms with van der Waals surface area (Å²) in [4.78, 5) is 26.1. The maximum atomic E-state index is 12.9. The van der Waals surface area contributed by atoms with E-state index in [1.807, 2.05) is 19.1 Å². The molecule has 2 aromatic rings. The lowest BCUT2D eigenvalue weighted by Gasteiger charge is -2.24. The number of hydrogen-bond acceptors (Lipinski definition) is 4. The molecule has 2 aromatic carbocycles. The van der Waals surface area contributed by atoms with Gasteiger partial charge in [0.05, 0.1) is 17.3 Å². The van der Waals surface area contributed by atoms with Gasteiger partial charge in [0.25, 0.3) is 11.8 Å². The number of ether oxygens (including phenoxy) is 1. The van der Waals surface area contributed by atoms with Gasteiger partial charge in [-0.25, -0.2) is 0 Å². The predicted octanol–water partition coefficient (Wildman–Crippen LogP) is 2.94. The second kappa shape index (κ2) is 7.70. The van der Waals surface area contributed by atoms with Crippen molar-refractivity contribution in [2.75, 3.05) is 18.5 Å². The van der Waals surface area contributed by atoms with Crippen LogP contribution in [0, 0.1) is 11.3 Å². The minimum Gasteiger partial charge on any atom is -0.482 e. The summed E-state index contributed by atoms with van der Waals surface area (Å²) in [6.07, 6.45) is 0.833. The van der Waals surface area contributed by atoms with E-state index < -0.39 is 0 Å². The third-order valence-electron chi connectivity index (χ3n) is 4.10. The number of hydrogen-bond donors (Lipinski definition) is 1. The van der Waals surface area contributed by atoms with Crippen LogP contribution in [0.2, 0.25) is 0 Å². The van der Waals surface area contributed by atoms with Crippen LogP contribution in [0.3, 0.4) is 0 Å². The molecule has 0 bridgehead atoms. The Kier molecular flexibility index (Phi) is 5.18. The topological polar surface area (TPSA) is 82.4 Å². The highest BCUT2D eigenvalue weighted by molar-refractivity contribution is 5.99. The van der Waals surface area contributed by atoms with E-state index in [0.29, 0.717) is 35.7 Å². The summed E-state index contributed by atoms with van der Waals surface area (Å²) in [6, 6.07) is 14.4. The molecule has 3 rings (SSSR count). The molecule has 1 heterocycles. The maximum Gasteiger partial charge on any atom is 0.262 e. The number of carbonyl (C=O) groups excluding carboxylic acids is 2. The number of nitriles is 1. The molecule has 0 aliphatic carbocycles. The zero-order valence-corrected chi connectivity index (χ0v) is 14.5. The van der Waals surface area contributed by atoms with Gasteiger partial charge in [0.2, 0.25) is 0 Å². The van der Waals surface area contributed by atoms with Crippen LogP contribution in [-0.2, 0) is 11.3 Å². The smallest absolute Gasteiger partial charge is 0.262 e. The van der Waals surface area contributed by atoms with Crippen LogP contribution in [0.25, 0.3) is 0 Å². The summed E-state index contributed by atoms with van der Waals surface area (Å²) in [7, 11) is 0. The SMILES string of the molecule is CCCN(Cc1ccc(C#N)cc1)C(=O)c1ccc2c(c1)OCC(=O)N2. The van der Waals surface area contributed by atoms with Gasteiger partial charge in [0, 0.05) is 18.7 Å². The Balaban J connectivity index is 1.80. The number of carbonyl (C=O) groups is 2. The van der Waals surface area contributed by atoms with Gasteiger partial charge in [-0.3, -0.25) is 9.59 Å². The van der Waals surface area contributed by atoms with Crippen LogP contribution >= 0.6 is 0 Å².